The van der Waals surface area contributed by atoms with E-state index in [-0.39, 0.29) is 25.8 Å². The Hall–Kier alpha value is -3.02. The number of carbonyl (C=O) groups is 2. The van der Waals surface area contributed by atoms with E-state index in [1.165, 1.54) is 55.5 Å². The molecular weight excluding hydrogens is 495 g/mol. The number of carboxylic acids is 1. The van der Waals surface area contributed by atoms with Gasteiger partial charge in [-0.05, 0) is 43.3 Å². The molecule has 0 spiro atoms. The SMILES string of the molecule is CC(Oc1ccc(F)cc1)(C(=O)Nc1nc(CC(=O)O)c(Cl)s1)c1ccc(S(C)(=O)=O)cc1. The monoisotopic (exact) mass is 512 g/mol. The van der Waals surface area contributed by atoms with E-state index in [0.717, 1.165) is 17.6 Å². The maximum absolute atomic E-state index is 13.3. The zero-order valence-corrected chi connectivity index (χ0v) is 19.7. The van der Waals surface area contributed by atoms with Crippen LogP contribution in [0.1, 0.15) is 18.2 Å². The minimum atomic E-state index is -3.46. The standard InChI is InChI=1S/C21H18ClFN2O6S2/c1-21(31-14-7-5-13(23)6-8-14,12-3-9-15(10-4-12)33(2,29)30)19(28)25-20-24-16(11-17(26)27)18(22)32-20/h3-10H,11H2,1-2H3,(H,26,27)(H,24,25,28). The summed E-state index contributed by atoms with van der Waals surface area (Å²) in [7, 11) is -3.46. The van der Waals surface area contributed by atoms with E-state index < -0.39 is 39.6 Å². The maximum Gasteiger partial charge on any atom is 0.309 e. The van der Waals surface area contributed by atoms with Crippen molar-refractivity contribution >= 4 is 49.8 Å². The third-order valence-corrected chi connectivity index (χ3v) is 6.97. The lowest BCUT2D eigenvalue weighted by atomic mass is 9.94. The number of nitrogens with one attached hydrogen (secondary N) is 1. The maximum atomic E-state index is 13.3. The van der Waals surface area contributed by atoms with Crippen molar-refractivity contribution in [3.8, 4) is 5.75 Å². The zero-order chi connectivity index (χ0) is 24.4. The molecular formula is C21H18ClFN2O6S2. The van der Waals surface area contributed by atoms with Crippen LogP contribution in [-0.2, 0) is 31.4 Å². The van der Waals surface area contributed by atoms with Crippen LogP contribution in [0.4, 0.5) is 9.52 Å². The number of benzene rings is 2. The van der Waals surface area contributed by atoms with Crippen LogP contribution in [0.5, 0.6) is 5.75 Å². The predicted octanol–water partition coefficient (Wildman–Crippen LogP) is 3.90. The van der Waals surface area contributed by atoms with Crippen LogP contribution in [0.25, 0.3) is 0 Å². The fourth-order valence-corrected chi connectivity index (χ4v) is 4.51. The number of nitrogens with zero attached hydrogens (tertiary/aromatic N) is 1. The predicted molar refractivity (Wildman–Crippen MR) is 121 cm³/mol. The number of rotatable bonds is 8. The van der Waals surface area contributed by atoms with Crippen LogP contribution in [0, 0.1) is 5.82 Å². The fraction of sp³-hybridized carbons (Fsp3) is 0.190. The number of thiazole rings is 1. The topological polar surface area (TPSA) is 123 Å². The first-order chi connectivity index (χ1) is 15.4. The molecule has 12 heteroatoms. The normalized spacial score (nSPS) is 13.2. The first kappa shape index (κ1) is 24.6. The van der Waals surface area contributed by atoms with Crippen molar-refractivity contribution in [2.24, 2.45) is 0 Å². The highest BCUT2D eigenvalue weighted by Crippen LogP contribution is 2.33. The van der Waals surface area contributed by atoms with Crippen LogP contribution >= 0.6 is 22.9 Å². The van der Waals surface area contributed by atoms with Crippen molar-refractivity contribution in [2.75, 3.05) is 11.6 Å². The molecule has 174 valence electrons. The van der Waals surface area contributed by atoms with Gasteiger partial charge in [-0.15, -0.1) is 0 Å². The molecule has 0 aliphatic heterocycles. The number of carbonyl (C=O) groups excluding carboxylic acids is 1. The summed E-state index contributed by atoms with van der Waals surface area (Å²) in [5, 5.41) is 11.6. The number of ether oxygens (including phenoxy) is 1. The molecule has 1 aromatic heterocycles. The summed E-state index contributed by atoms with van der Waals surface area (Å²) in [5.41, 5.74) is -1.29. The first-order valence-electron chi connectivity index (χ1n) is 9.32. The van der Waals surface area contributed by atoms with Crippen molar-refractivity contribution in [1.82, 2.24) is 4.98 Å². The molecule has 2 aromatic carbocycles. The Bertz CT molecular complexity index is 1290. The van der Waals surface area contributed by atoms with E-state index in [9.17, 15) is 22.4 Å². The van der Waals surface area contributed by atoms with E-state index in [1.54, 1.807) is 0 Å². The third kappa shape index (κ3) is 5.86. The van der Waals surface area contributed by atoms with Crippen LogP contribution in [0.15, 0.2) is 53.4 Å². The molecule has 1 unspecified atom stereocenters. The Labute approximate surface area is 197 Å². The quantitative estimate of drug-likeness (QED) is 0.469. The first-order valence-corrected chi connectivity index (χ1v) is 12.4. The van der Waals surface area contributed by atoms with E-state index >= 15 is 0 Å². The Morgan fingerprint density at radius 3 is 2.33 bits per heavy atom. The Balaban J connectivity index is 1.98. The second kappa shape index (κ2) is 9.46. The molecule has 0 aliphatic rings. The highest BCUT2D eigenvalue weighted by Gasteiger charge is 2.39. The molecule has 0 radical (unpaired) electrons. The van der Waals surface area contributed by atoms with Crippen molar-refractivity contribution in [3.63, 3.8) is 0 Å². The lowest BCUT2D eigenvalue weighted by Gasteiger charge is -2.29. The van der Waals surface area contributed by atoms with E-state index in [1.807, 2.05) is 0 Å². The number of hydrogen-bond acceptors (Lipinski definition) is 7. The van der Waals surface area contributed by atoms with Crippen molar-refractivity contribution in [3.05, 3.63) is 69.9 Å². The van der Waals surface area contributed by atoms with Gasteiger partial charge in [-0.1, -0.05) is 35.1 Å². The third-order valence-electron chi connectivity index (χ3n) is 4.59. The molecule has 3 aromatic rings. The second-order valence-corrected chi connectivity index (χ2v) is 10.8. The average molecular weight is 513 g/mol. The van der Waals surface area contributed by atoms with Gasteiger partial charge in [0.15, 0.2) is 15.0 Å². The smallest absolute Gasteiger partial charge is 0.309 e. The van der Waals surface area contributed by atoms with Gasteiger partial charge in [0.25, 0.3) is 5.91 Å². The summed E-state index contributed by atoms with van der Waals surface area (Å²) in [6, 6.07) is 10.6. The van der Waals surface area contributed by atoms with Crippen LogP contribution in [0.2, 0.25) is 4.34 Å². The van der Waals surface area contributed by atoms with E-state index in [2.05, 4.69) is 10.3 Å². The highest BCUT2D eigenvalue weighted by molar-refractivity contribution is 7.90. The number of aliphatic carboxylic acids is 1. The Morgan fingerprint density at radius 1 is 1.18 bits per heavy atom. The van der Waals surface area contributed by atoms with Gasteiger partial charge in [-0.25, -0.2) is 17.8 Å². The summed E-state index contributed by atoms with van der Waals surface area (Å²) >= 11 is 6.91. The molecule has 0 bridgehead atoms. The molecule has 0 saturated heterocycles. The summed E-state index contributed by atoms with van der Waals surface area (Å²) in [5.74, 6) is -2.12. The number of sulfone groups is 1. The largest absolute Gasteiger partial charge is 0.481 e. The fourth-order valence-electron chi connectivity index (χ4n) is 2.85. The lowest BCUT2D eigenvalue weighted by molar-refractivity contribution is -0.136. The molecule has 1 atom stereocenters. The van der Waals surface area contributed by atoms with Gasteiger partial charge >= 0.3 is 5.97 Å². The van der Waals surface area contributed by atoms with Gasteiger partial charge in [0.2, 0.25) is 5.60 Å². The molecule has 2 N–H and O–H groups in total. The van der Waals surface area contributed by atoms with Crippen LogP contribution < -0.4 is 10.1 Å². The van der Waals surface area contributed by atoms with Gasteiger partial charge in [-0.2, -0.15) is 0 Å². The number of aromatic nitrogens is 1. The van der Waals surface area contributed by atoms with E-state index in [4.69, 9.17) is 21.4 Å². The van der Waals surface area contributed by atoms with Crippen molar-refractivity contribution in [1.29, 1.82) is 0 Å². The van der Waals surface area contributed by atoms with Gasteiger partial charge in [0.05, 0.1) is 17.0 Å². The zero-order valence-electron chi connectivity index (χ0n) is 17.3. The molecule has 33 heavy (non-hydrogen) atoms. The molecule has 1 heterocycles. The van der Waals surface area contributed by atoms with Crippen molar-refractivity contribution in [2.45, 2.75) is 23.8 Å². The summed E-state index contributed by atoms with van der Waals surface area (Å²) in [6.45, 7) is 1.45. The van der Waals surface area contributed by atoms with Gasteiger partial charge in [0.1, 0.15) is 15.9 Å². The van der Waals surface area contributed by atoms with Crippen LogP contribution in [-0.4, -0.2) is 36.6 Å². The number of halogens is 2. The molecule has 0 aliphatic carbocycles. The van der Waals surface area contributed by atoms with Crippen molar-refractivity contribution < 1.29 is 32.2 Å². The molecule has 1 amide bonds. The number of amides is 1. The average Bonchev–Trinajstić information content (AvgIpc) is 3.07. The van der Waals surface area contributed by atoms with Gasteiger partial charge in [-0.3, -0.25) is 14.9 Å². The lowest BCUT2D eigenvalue weighted by Crippen LogP contribution is -2.42. The number of carboxylic acid groups (broad SMARTS) is 1. The van der Waals surface area contributed by atoms with Gasteiger partial charge < -0.3 is 9.84 Å². The highest BCUT2D eigenvalue weighted by atomic mass is 35.5. The molecule has 3 rings (SSSR count). The minimum Gasteiger partial charge on any atom is -0.481 e. The molecule has 8 nitrogen and oxygen atoms in total. The minimum absolute atomic E-state index is 0.0563. The Kier molecular flexibility index (Phi) is 7.06. The molecule has 0 fully saturated rings. The van der Waals surface area contributed by atoms with Gasteiger partial charge in [0, 0.05) is 11.8 Å². The number of hydrogen-bond donors (Lipinski definition) is 2. The molecule has 0 saturated carbocycles. The van der Waals surface area contributed by atoms with E-state index in [0.29, 0.717) is 5.56 Å². The number of anilines is 1. The summed E-state index contributed by atoms with van der Waals surface area (Å²) in [4.78, 5) is 28.4. The second-order valence-electron chi connectivity index (χ2n) is 7.15. The summed E-state index contributed by atoms with van der Waals surface area (Å²) < 4.78 is 43.0. The Morgan fingerprint density at radius 2 is 1.79 bits per heavy atom. The summed E-state index contributed by atoms with van der Waals surface area (Å²) in [6.07, 6.45) is 0.644. The van der Waals surface area contributed by atoms with Crippen LogP contribution in [0.3, 0.4) is 0 Å².